The second kappa shape index (κ2) is 3.68. The highest BCUT2D eigenvalue weighted by molar-refractivity contribution is 6.30. The molecular weight excluding hydrogens is 227 g/mol. The van der Waals surface area contributed by atoms with Crippen molar-refractivity contribution >= 4 is 11.6 Å². The largest absolute Gasteiger partial charge is 0.416 e. The molecule has 0 atom stereocenters. The van der Waals surface area contributed by atoms with Crippen LogP contribution in [0.1, 0.15) is 25.0 Å². The number of benzene rings is 1. The van der Waals surface area contributed by atoms with E-state index < -0.39 is 17.3 Å². The second-order valence-electron chi connectivity index (χ2n) is 3.95. The molecule has 0 aliphatic heterocycles. The van der Waals surface area contributed by atoms with Crippen LogP contribution in [0.4, 0.5) is 13.2 Å². The van der Waals surface area contributed by atoms with Crippen molar-refractivity contribution in [2.24, 2.45) is 5.73 Å². The third kappa shape index (κ3) is 3.11. The van der Waals surface area contributed by atoms with Gasteiger partial charge in [-0.1, -0.05) is 11.6 Å². The summed E-state index contributed by atoms with van der Waals surface area (Å²) in [5.41, 5.74) is 4.46. The zero-order chi connectivity index (χ0) is 11.9. The van der Waals surface area contributed by atoms with Crippen molar-refractivity contribution in [3.63, 3.8) is 0 Å². The van der Waals surface area contributed by atoms with Crippen LogP contribution in [-0.2, 0) is 11.7 Å². The Hall–Kier alpha value is -0.740. The molecule has 0 radical (unpaired) electrons. The zero-order valence-electron chi connectivity index (χ0n) is 8.32. The zero-order valence-corrected chi connectivity index (χ0v) is 9.08. The first-order valence-electron chi connectivity index (χ1n) is 4.28. The van der Waals surface area contributed by atoms with E-state index in [2.05, 4.69) is 0 Å². The van der Waals surface area contributed by atoms with Gasteiger partial charge in [-0.3, -0.25) is 0 Å². The summed E-state index contributed by atoms with van der Waals surface area (Å²) in [4.78, 5) is 0. The summed E-state index contributed by atoms with van der Waals surface area (Å²) < 4.78 is 37.3. The lowest BCUT2D eigenvalue weighted by Gasteiger charge is -2.21. The summed E-state index contributed by atoms with van der Waals surface area (Å²) in [6.07, 6.45) is -4.40. The van der Waals surface area contributed by atoms with Crippen molar-refractivity contribution < 1.29 is 13.2 Å². The molecule has 0 aliphatic rings. The first kappa shape index (κ1) is 12.3. The lowest BCUT2D eigenvalue weighted by Crippen LogP contribution is -2.29. The molecule has 0 aromatic heterocycles. The molecule has 0 bridgehead atoms. The van der Waals surface area contributed by atoms with E-state index in [4.69, 9.17) is 17.3 Å². The summed E-state index contributed by atoms with van der Waals surface area (Å²) in [7, 11) is 0. The minimum atomic E-state index is -4.40. The molecule has 0 spiro atoms. The monoisotopic (exact) mass is 237 g/mol. The summed E-state index contributed by atoms with van der Waals surface area (Å²) >= 11 is 5.61. The standard InChI is InChI=1S/C10H11ClF3N/c1-9(2,15)6-3-7(10(12,13)14)5-8(11)4-6/h3-5H,15H2,1-2H3. The van der Waals surface area contributed by atoms with E-state index >= 15 is 0 Å². The maximum absolute atomic E-state index is 12.4. The molecule has 1 nitrogen and oxygen atoms in total. The Kier molecular flexibility index (Phi) is 3.03. The predicted octanol–water partition coefficient (Wildman–Crippen LogP) is 3.55. The average Bonchev–Trinajstić information content (AvgIpc) is 1.99. The average molecular weight is 238 g/mol. The molecule has 0 heterocycles. The Morgan fingerprint density at radius 3 is 1.93 bits per heavy atom. The van der Waals surface area contributed by atoms with Gasteiger partial charge in [0.15, 0.2) is 0 Å². The maximum Gasteiger partial charge on any atom is 0.416 e. The van der Waals surface area contributed by atoms with E-state index in [1.807, 2.05) is 0 Å². The minimum absolute atomic E-state index is 0.0401. The van der Waals surface area contributed by atoms with Gasteiger partial charge in [-0.05, 0) is 37.6 Å². The van der Waals surface area contributed by atoms with Crippen molar-refractivity contribution in [3.8, 4) is 0 Å². The Morgan fingerprint density at radius 2 is 1.53 bits per heavy atom. The van der Waals surface area contributed by atoms with Crippen molar-refractivity contribution in [3.05, 3.63) is 34.3 Å². The van der Waals surface area contributed by atoms with Crippen molar-refractivity contribution in [2.45, 2.75) is 25.6 Å². The fourth-order valence-corrected chi connectivity index (χ4v) is 1.36. The maximum atomic E-state index is 12.4. The molecule has 0 fully saturated rings. The van der Waals surface area contributed by atoms with Crippen LogP contribution in [0.15, 0.2) is 18.2 Å². The summed E-state index contributed by atoms with van der Waals surface area (Å²) in [5, 5.41) is 0.0401. The first-order valence-corrected chi connectivity index (χ1v) is 4.65. The normalized spacial score (nSPS) is 13.0. The molecule has 15 heavy (non-hydrogen) atoms. The molecule has 1 aromatic carbocycles. The molecule has 0 unspecified atom stereocenters. The highest BCUT2D eigenvalue weighted by atomic mass is 35.5. The predicted molar refractivity (Wildman–Crippen MR) is 53.7 cm³/mol. The topological polar surface area (TPSA) is 26.0 Å². The third-order valence-corrected chi connectivity index (χ3v) is 2.19. The van der Waals surface area contributed by atoms with Gasteiger partial charge in [0.2, 0.25) is 0 Å². The molecule has 1 aromatic rings. The summed E-state index contributed by atoms with van der Waals surface area (Å²) in [5.74, 6) is 0. The number of halogens is 4. The third-order valence-electron chi connectivity index (χ3n) is 1.97. The van der Waals surface area contributed by atoms with Crippen LogP contribution in [0.3, 0.4) is 0 Å². The Morgan fingerprint density at radius 1 is 1.07 bits per heavy atom. The van der Waals surface area contributed by atoms with Crippen LogP contribution < -0.4 is 5.73 Å². The van der Waals surface area contributed by atoms with Gasteiger partial charge in [-0.15, -0.1) is 0 Å². The van der Waals surface area contributed by atoms with Crippen molar-refractivity contribution in [1.82, 2.24) is 0 Å². The Balaban J connectivity index is 3.30. The first-order chi connectivity index (χ1) is 6.60. The molecule has 0 saturated carbocycles. The lowest BCUT2D eigenvalue weighted by atomic mass is 9.94. The van der Waals surface area contributed by atoms with Crippen molar-refractivity contribution in [2.75, 3.05) is 0 Å². The van der Waals surface area contributed by atoms with E-state index in [1.165, 1.54) is 6.07 Å². The van der Waals surface area contributed by atoms with Crippen LogP contribution >= 0.6 is 11.6 Å². The Labute approximate surface area is 91.0 Å². The number of rotatable bonds is 1. The minimum Gasteiger partial charge on any atom is -0.322 e. The van der Waals surface area contributed by atoms with Gasteiger partial charge in [0.05, 0.1) is 5.56 Å². The van der Waals surface area contributed by atoms with Crippen LogP contribution in [0, 0.1) is 0 Å². The number of alkyl halides is 3. The van der Waals surface area contributed by atoms with Crippen LogP contribution in [0.25, 0.3) is 0 Å². The van der Waals surface area contributed by atoms with Crippen LogP contribution in [-0.4, -0.2) is 0 Å². The molecule has 0 aliphatic carbocycles. The SMILES string of the molecule is CC(C)(N)c1cc(Cl)cc(C(F)(F)F)c1. The molecule has 5 heteroatoms. The van der Waals surface area contributed by atoms with Crippen LogP contribution in [0.2, 0.25) is 5.02 Å². The van der Waals surface area contributed by atoms with Gasteiger partial charge in [0.1, 0.15) is 0 Å². The summed E-state index contributed by atoms with van der Waals surface area (Å²) in [6, 6.07) is 3.35. The highest BCUT2D eigenvalue weighted by Gasteiger charge is 2.32. The fourth-order valence-electron chi connectivity index (χ4n) is 1.13. The van der Waals surface area contributed by atoms with Gasteiger partial charge in [0.25, 0.3) is 0 Å². The van der Waals surface area contributed by atoms with Gasteiger partial charge >= 0.3 is 6.18 Å². The van der Waals surface area contributed by atoms with E-state index in [9.17, 15) is 13.2 Å². The second-order valence-corrected chi connectivity index (χ2v) is 4.38. The summed E-state index contributed by atoms with van der Waals surface area (Å²) in [6.45, 7) is 3.25. The van der Waals surface area contributed by atoms with Gasteiger partial charge in [-0.25, -0.2) is 0 Å². The molecular formula is C10H11ClF3N. The van der Waals surface area contributed by atoms with Gasteiger partial charge in [0, 0.05) is 10.6 Å². The van der Waals surface area contributed by atoms with E-state index in [0.717, 1.165) is 12.1 Å². The Bertz CT molecular complexity index is 334. The molecule has 0 amide bonds. The van der Waals surface area contributed by atoms with Crippen LogP contribution in [0.5, 0.6) is 0 Å². The fraction of sp³-hybridized carbons (Fsp3) is 0.400. The van der Waals surface area contributed by atoms with Gasteiger partial charge < -0.3 is 5.73 Å². The number of hydrogen-bond acceptors (Lipinski definition) is 1. The van der Waals surface area contributed by atoms with Crippen molar-refractivity contribution in [1.29, 1.82) is 0 Å². The molecule has 2 N–H and O–H groups in total. The smallest absolute Gasteiger partial charge is 0.322 e. The van der Waals surface area contributed by atoms with E-state index in [-0.39, 0.29) is 5.02 Å². The van der Waals surface area contributed by atoms with Gasteiger partial charge in [-0.2, -0.15) is 13.2 Å². The number of nitrogens with two attached hydrogens (primary N) is 1. The molecule has 0 saturated heterocycles. The quantitative estimate of drug-likeness (QED) is 0.794. The number of hydrogen-bond donors (Lipinski definition) is 1. The highest BCUT2D eigenvalue weighted by Crippen LogP contribution is 2.33. The molecule has 84 valence electrons. The van der Waals surface area contributed by atoms with E-state index in [1.54, 1.807) is 13.8 Å². The molecule has 1 rings (SSSR count). The van der Waals surface area contributed by atoms with E-state index in [0.29, 0.717) is 5.56 Å². The lowest BCUT2D eigenvalue weighted by molar-refractivity contribution is -0.137.